The lowest BCUT2D eigenvalue weighted by atomic mass is 10.2. The minimum Gasteiger partial charge on any atom is -0.493 e. The van der Waals surface area contributed by atoms with Crippen molar-refractivity contribution in [2.24, 2.45) is 0 Å². The zero-order valence-electron chi connectivity index (χ0n) is 14.5. The van der Waals surface area contributed by atoms with Gasteiger partial charge in [-0.2, -0.15) is 0 Å². The third-order valence-electron chi connectivity index (χ3n) is 3.39. The van der Waals surface area contributed by atoms with E-state index in [9.17, 15) is 14.9 Å². The number of hydrogen-bond donors (Lipinski definition) is 1. The van der Waals surface area contributed by atoms with Crippen molar-refractivity contribution >= 4 is 17.3 Å². The first kappa shape index (κ1) is 18.8. The van der Waals surface area contributed by atoms with Crippen LogP contribution in [0, 0.1) is 10.1 Å². The lowest BCUT2D eigenvalue weighted by Gasteiger charge is -2.11. The molecule has 0 bridgehead atoms. The summed E-state index contributed by atoms with van der Waals surface area (Å²) in [5.74, 6) is 0.934. The summed E-state index contributed by atoms with van der Waals surface area (Å²) in [6, 6.07) is 8.93. The number of carbonyl (C=O) groups is 1. The molecule has 9 heteroatoms. The number of benzene rings is 2. The molecule has 0 spiro atoms. The second kappa shape index (κ2) is 8.56. The van der Waals surface area contributed by atoms with Crippen LogP contribution in [-0.4, -0.2) is 38.8 Å². The van der Waals surface area contributed by atoms with E-state index >= 15 is 0 Å². The number of amides is 1. The van der Waals surface area contributed by atoms with Gasteiger partial charge < -0.3 is 24.3 Å². The van der Waals surface area contributed by atoms with Crippen LogP contribution >= 0.6 is 0 Å². The van der Waals surface area contributed by atoms with Crippen LogP contribution in [0.15, 0.2) is 36.4 Å². The van der Waals surface area contributed by atoms with Gasteiger partial charge in [-0.05, 0) is 18.2 Å². The molecular formula is C17H18N2O7. The van der Waals surface area contributed by atoms with Gasteiger partial charge in [-0.15, -0.1) is 0 Å². The summed E-state index contributed by atoms with van der Waals surface area (Å²) >= 11 is 0. The molecule has 0 aliphatic rings. The average molecular weight is 362 g/mol. The second-order valence-corrected chi connectivity index (χ2v) is 5.00. The van der Waals surface area contributed by atoms with Crippen molar-refractivity contribution < 1.29 is 28.7 Å². The fourth-order valence-electron chi connectivity index (χ4n) is 2.16. The van der Waals surface area contributed by atoms with Gasteiger partial charge in [0.05, 0.1) is 26.3 Å². The van der Waals surface area contributed by atoms with E-state index in [4.69, 9.17) is 18.9 Å². The largest absolute Gasteiger partial charge is 0.493 e. The van der Waals surface area contributed by atoms with Gasteiger partial charge in [-0.25, -0.2) is 0 Å². The Kier molecular flexibility index (Phi) is 6.20. The summed E-state index contributed by atoms with van der Waals surface area (Å²) < 4.78 is 20.6. The molecule has 138 valence electrons. The Labute approximate surface area is 149 Å². The molecule has 9 nitrogen and oxygen atoms in total. The quantitative estimate of drug-likeness (QED) is 0.568. The molecule has 0 saturated heterocycles. The highest BCUT2D eigenvalue weighted by Gasteiger charge is 2.16. The number of nitro groups is 1. The SMILES string of the molecule is COc1ccc(NC(=O)COc2ccc([N+](=O)[O-])c(OC)c2)cc1OC. The molecule has 0 fully saturated rings. The number of ether oxygens (including phenoxy) is 4. The van der Waals surface area contributed by atoms with E-state index in [1.807, 2.05) is 0 Å². The number of nitro benzene ring substituents is 1. The molecule has 0 aromatic heterocycles. The number of methoxy groups -OCH3 is 3. The minimum atomic E-state index is -0.563. The van der Waals surface area contributed by atoms with Crippen LogP contribution in [0.25, 0.3) is 0 Å². The maximum Gasteiger partial charge on any atom is 0.311 e. The lowest BCUT2D eigenvalue weighted by Crippen LogP contribution is -2.20. The molecule has 2 aromatic carbocycles. The molecule has 0 heterocycles. The van der Waals surface area contributed by atoms with Crippen molar-refractivity contribution in [3.05, 3.63) is 46.5 Å². The van der Waals surface area contributed by atoms with E-state index in [1.54, 1.807) is 18.2 Å². The Balaban J connectivity index is 2.00. The standard InChI is InChI=1S/C17H18N2O7/c1-23-14-7-4-11(8-16(14)25-3)18-17(20)10-26-12-5-6-13(19(21)22)15(9-12)24-2/h4-9H,10H2,1-3H3,(H,18,20). The van der Waals surface area contributed by atoms with Crippen molar-refractivity contribution in [3.8, 4) is 23.0 Å². The first-order valence-electron chi connectivity index (χ1n) is 7.45. The topological polar surface area (TPSA) is 109 Å². The summed E-state index contributed by atoms with van der Waals surface area (Å²) in [6.07, 6.45) is 0. The molecule has 0 aliphatic carbocycles. The van der Waals surface area contributed by atoms with E-state index in [2.05, 4.69) is 5.32 Å². The molecule has 0 atom stereocenters. The minimum absolute atomic E-state index is 0.0489. The third kappa shape index (κ3) is 4.53. The van der Waals surface area contributed by atoms with Crippen LogP contribution in [-0.2, 0) is 4.79 Å². The summed E-state index contributed by atoms with van der Waals surface area (Å²) in [5.41, 5.74) is 0.326. The average Bonchev–Trinajstić information content (AvgIpc) is 2.65. The zero-order chi connectivity index (χ0) is 19.1. The van der Waals surface area contributed by atoms with Crippen LogP contribution in [0.4, 0.5) is 11.4 Å². The Bertz CT molecular complexity index is 808. The number of carbonyl (C=O) groups excluding carboxylic acids is 1. The van der Waals surface area contributed by atoms with Crippen molar-refractivity contribution in [3.63, 3.8) is 0 Å². The highest BCUT2D eigenvalue weighted by molar-refractivity contribution is 5.92. The van der Waals surface area contributed by atoms with E-state index in [0.29, 0.717) is 17.2 Å². The van der Waals surface area contributed by atoms with Crippen LogP contribution in [0.3, 0.4) is 0 Å². The number of nitrogens with zero attached hydrogens (tertiary/aromatic N) is 1. The fourth-order valence-corrected chi connectivity index (χ4v) is 2.16. The van der Waals surface area contributed by atoms with Crippen molar-refractivity contribution in [1.29, 1.82) is 0 Å². The Morgan fingerprint density at radius 3 is 2.31 bits per heavy atom. The number of anilines is 1. The maximum atomic E-state index is 12.0. The van der Waals surface area contributed by atoms with Crippen molar-refractivity contribution in [1.82, 2.24) is 0 Å². The van der Waals surface area contributed by atoms with Crippen molar-refractivity contribution in [2.45, 2.75) is 0 Å². The monoisotopic (exact) mass is 362 g/mol. The van der Waals surface area contributed by atoms with Crippen LogP contribution in [0.2, 0.25) is 0 Å². The highest BCUT2D eigenvalue weighted by atomic mass is 16.6. The Morgan fingerprint density at radius 1 is 1.00 bits per heavy atom. The number of nitrogens with one attached hydrogen (secondary N) is 1. The van der Waals surface area contributed by atoms with Crippen molar-refractivity contribution in [2.75, 3.05) is 33.3 Å². The van der Waals surface area contributed by atoms with Gasteiger partial charge in [0.15, 0.2) is 18.1 Å². The van der Waals surface area contributed by atoms with E-state index in [1.165, 1.54) is 39.5 Å². The zero-order valence-corrected chi connectivity index (χ0v) is 14.5. The van der Waals surface area contributed by atoms with Crippen LogP contribution < -0.4 is 24.3 Å². The van der Waals surface area contributed by atoms with Crippen LogP contribution in [0.5, 0.6) is 23.0 Å². The molecule has 2 rings (SSSR count). The molecule has 1 N–H and O–H groups in total. The molecule has 1 amide bonds. The predicted octanol–water partition coefficient (Wildman–Crippen LogP) is 2.64. The van der Waals surface area contributed by atoms with Crippen LogP contribution in [0.1, 0.15) is 0 Å². The lowest BCUT2D eigenvalue weighted by molar-refractivity contribution is -0.385. The van der Waals surface area contributed by atoms with Gasteiger partial charge in [0, 0.05) is 23.9 Å². The van der Waals surface area contributed by atoms with Gasteiger partial charge in [-0.1, -0.05) is 0 Å². The maximum absolute atomic E-state index is 12.0. The second-order valence-electron chi connectivity index (χ2n) is 5.00. The molecule has 2 aromatic rings. The van der Waals surface area contributed by atoms with Gasteiger partial charge in [0.2, 0.25) is 5.75 Å². The number of rotatable bonds is 8. The molecular weight excluding hydrogens is 344 g/mol. The number of hydrogen-bond acceptors (Lipinski definition) is 7. The van der Waals surface area contributed by atoms with Gasteiger partial charge in [0.1, 0.15) is 5.75 Å². The molecule has 0 radical (unpaired) electrons. The summed E-state index contributed by atoms with van der Waals surface area (Å²) in [4.78, 5) is 22.3. The van der Waals surface area contributed by atoms with E-state index < -0.39 is 10.8 Å². The van der Waals surface area contributed by atoms with Gasteiger partial charge in [-0.3, -0.25) is 14.9 Å². The molecule has 0 saturated carbocycles. The molecule has 0 aliphatic heterocycles. The Hall–Kier alpha value is -3.49. The van der Waals surface area contributed by atoms with E-state index in [0.717, 1.165) is 0 Å². The fraction of sp³-hybridized carbons (Fsp3) is 0.235. The Morgan fingerprint density at radius 2 is 1.69 bits per heavy atom. The van der Waals surface area contributed by atoms with Gasteiger partial charge >= 0.3 is 5.69 Å². The first-order valence-corrected chi connectivity index (χ1v) is 7.45. The molecule has 0 unspecified atom stereocenters. The normalized spacial score (nSPS) is 9.96. The van der Waals surface area contributed by atoms with Gasteiger partial charge in [0.25, 0.3) is 5.91 Å². The summed E-state index contributed by atoms with van der Waals surface area (Å²) in [7, 11) is 4.33. The highest BCUT2D eigenvalue weighted by Crippen LogP contribution is 2.31. The molecule has 26 heavy (non-hydrogen) atoms. The third-order valence-corrected chi connectivity index (χ3v) is 3.39. The first-order chi connectivity index (χ1) is 12.5. The smallest absolute Gasteiger partial charge is 0.311 e. The summed E-state index contributed by atoms with van der Waals surface area (Å²) in [5, 5.41) is 13.5. The summed E-state index contributed by atoms with van der Waals surface area (Å²) in [6.45, 7) is -0.282. The predicted molar refractivity (Wildman–Crippen MR) is 93.3 cm³/mol. The van der Waals surface area contributed by atoms with E-state index in [-0.39, 0.29) is 23.8 Å².